The maximum Gasteiger partial charge on any atom is 0.246 e. The van der Waals surface area contributed by atoms with Gasteiger partial charge in [0.25, 0.3) is 0 Å². The number of nitrogens with two attached hydrogens (primary N) is 2. The highest BCUT2D eigenvalue weighted by Gasteiger charge is 2.28. The Kier molecular flexibility index (Phi) is 67.6. The van der Waals surface area contributed by atoms with Gasteiger partial charge < -0.3 is 112 Å². The van der Waals surface area contributed by atoms with Gasteiger partial charge in [0.1, 0.15) is 32.5 Å². The van der Waals surface area contributed by atoms with E-state index in [-0.39, 0.29) is 185 Å². The number of allylic oxidation sites excluding steroid dienone is 1. The smallest absolute Gasteiger partial charge is 0.246 e. The minimum Gasteiger partial charge on any atom is -0.411 e. The summed E-state index contributed by atoms with van der Waals surface area (Å²) >= 11 is 0. The summed E-state index contributed by atoms with van der Waals surface area (Å²) in [4.78, 5) is 111. The summed E-state index contributed by atoms with van der Waals surface area (Å²) in [6, 6.07) is -1.32. The normalized spacial score (nSPS) is 12.6. The minimum atomic E-state index is -0.874. The number of nitrogens with zero attached hydrogens (tertiary/aromatic N) is 2. The molecule has 33 nitrogen and oxygen atoms in total. The summed E-state index contributed by atoms with van der Waals surface area (Å²) in [5.41, 5.74) is 18.0. The first-order valence-corrected chi connectivity index (χ1v) is 36.7. The van der Waals surface area contributed by atoms with Crippen LogP contribution in [0.1, 0.15) is 172 Å². The average molecular weight is 1510 g/mol. The molecule has 0 aromatic carbocycles. The van der Waals surface area contributed by atoms with Crippen molar-refractivity contribution in [2.45, 2.75) is 196 Å². The first-order chi connectivity index (χ1) is 50.3. The van der Waals surface area contributed by atoms with E-state index < -0.39 is 29.1 Å². The summed E-state index contributed by atoms with van der Waals surface area (Å²) in [5.74, 6) is -3.35. The van der Waals surface area contributed by atoms with E-state index in [1.807, 2.05) is 33.8 Å². The van der Waals surface area contributed by atoms with Crippen LogP contribution >= 0.6 is 0 Å². The fraction of sp³-hybridized carbons (Fsp3) is 0.781. The van der Waals surface area contributed by atoms with E-state index in [9.17, 15) is 53.6 Å². The summed E-state index contributed by atoms with van der Waals surface area (Å²) in [7, 11) is 0. The zero-order valence-electron chi connectivity index (χ0n) is 64.4. The number of hydrogen-bond donors (Lipinski definition) is 13. The molecule has 3 atom stereocenters. The molecule has 0 rings (SSSR count). The quantitative estimate of drug-likeness (QED) is 0.0137. The van der Waals surface area contributed by atoms with Crippen molar-refractivity contribution in [3.63, 3.8) is 0 Å². The van der Waals surface area contributed by atoms with Crippen LogP contribution in [0.15, 0.2) is 40.2 Å². The van der Waals surface area contributed by atoms with Gasteiger partial charge in [0.05, 0.1) is 108 Å². The fourth-order valence-electron chi connectivity index (χ4n) is 8.58. The Morgan fingerprint density at radius 3 is 1.14 bits per heavy atom. The van der Waals surface area contributed by atoms with Crippen LogP contribution in [-0.4, -0.2) is 263 Å². The lowest BCUT2D eigenvalue weighted by Gasteiger charge is -2.32. The van der Waals surface area contributed by atoms with E-state index in [0.717, 1.165) is 25.7 Å². The number of amides is 9. The topological polar surface area (TPSA) is 462 Å². The number of ether oxygens (including phenoxy) is 9. The van der Waals surface area contributed by atoms with Crippen LogP contribution in [0.4, 0.5) is 0 Å². The van der Waals surface area contributed by atoms with Crippen LogP contribution in [0.3, 0.4) is 0 Å². The lowest BCUT2D eigenvalue weighted by Crippen LogP contribution is -2.57. The molecule has 9 amide bonds. The summed E-state index contributed by atoms with van der Waals surface area (Å²) in [5, 5.41) is 51.6. The van der Waals surface area contributed by atoms with Gasteiger partial charge in [0.15, 0.2) is 0 Å². The van der Waals surface area contributed by atoms with Crippen LogP contribution < -0.4 is 59.3 Å². The van der Waals surface area contributed by atoms with Crippen molar-refractivity contribution in [3.8, 4) is 0 Å². The molecule has 0 aliphatic heterocycles. The van der Waals surface area contributed by atoms with E-state index in [2.05, 4.69) is 88.9 Å². The molecule has 0 spiro atoms. The molecule has 0 saturated heterocycles. The van der Waals surface area contributed by atoms with Gasteiger partial charge in [-0.3, -0.25) is 43.2 Å². The second kappa shape index (κ2) is 69.5. The van der Waals surface area contributed by atoms with E-state index in [0.29, 0.717) is 135 Å². The molecule has 0 radical (unpaired) electrons. The lowest BCUT2D eigenvalue weighted by molar-refractivity contribution is -0.129. The standard InChI is InChI=1S/C64H121N13O20.C8H10.CH4/c1-48(60(65)84)18-9-12-23-67-56(80)44-94-38-34-92-36-40-96-46-58(82)69-26-16-28-89-30-32-91-33-31-90-29-17-27-70-59(83)47-97-41-37-93-35-39-95-45-57(81)68-24-14-11-20-53(62(86)71-25-13-10-19-49(2)61(66)85)75-55(79)22-15-21-54(78)74-52(42-72-63(5,6)50(3)76-87)43-73-64(7,8)51(4)77-88;1-3-5-7-8-6-4-2;/h48-49,52-53,72-73,87-88H,9-47H2,1-8H3,(H2,65,84)(H2,66,85)(H,67,80)(H,68,81)(H,69,82)(H,70,83)(H,71,86)(H,74,78)(H,75,79);8H,1,4,6H2,2H3;1H4/b76-50+,77-51+;;/t48-,49-,53-;;/m0../s1. The Labute approximate surface area is 630 Å². The van der Waals surface area contributed by atoms with Gasteiger partial charge in [0, 0.05) is 83.7 Å². The maximum absolute atomic E-state index is 13.3. The van der Waals surface area contributed by atoms with Crippen LogP contribution in [0.5, 0.6) is 0 Å². The molecule has 0 unspecified atom stereocenters. The van der Waals surface area contributed by atoms with Crippen LogP contribution in [-0.2, 0) is 85.8 Å². The maximum atomic E-state index is 13.3. The van der Waals surface area contributed by atoms with Crippen LogP contribution in [0, 0.1) is 11.8 Å². The van der Waals surface area contributed by atoms with Gasteiger partial charge in [-0.2, -0.15) is 0 Å². The summed E-state index contributed by atoms with van der Waals surface area (Å²) in [6.45, 7) is 26.0. The Balaban J connectivity index is -0.0000111. The van der Waals surface area contributed by atoms with Crippen molar-refractivity contribution in [1.29, 1.82) is 0 Å². The van der Waals surface area contributed by atoms with E-state index in [1.54, 1.807) is 27.7 Å². The highest BCUT2D eigenvalue weighted by Crippen LogP contribution is 2.11. The third-order valence-electron chi connectivity index (χ3n) is 15.9. The van der Waals surface area contributed by atoms with Crippen molar-refractivity contribution in [2.75, 3.05) is 165 Å². The Hall–Kier alpha value is -7.19. The molecule has 15 N–H and O–H groups in total. The predicted octanol–water partition coefficient (Wildman–Crippen LogP) is 2.90. The molecule has 0 aromatic heterocycles. The summed E-state index contributed by atoms with van der Waals surface area (Å²) < 4.78 is 48.8. The van der Waals surface area contributed by atoms with Crippen molar-refractivity contribution in [2.24, 2.45) is 33.6 Å². The second-order valence-corrected chi connectivity index (χ2v) is 25.8. The predicted molar refractivity (Wildman–Crippen MR) is 404 cm³/mol. The van der Waals surface area contributed by atoms with Gasteiger partial charge in [-0.15, -0.1) is 0 Å². The Morgan fingerprint density at radius 2 is 0.792 bits per heavy atom. The molecule has 0 aliphatic carbocycles. The highest BCUT2D eigenvalue weighted by atomic mass is 16.6. The number of hydrogen-bond acceptors (Lipinski definition) is 24. The monoisotopic (exact) mass is 1510 g/mol. The van der Waals surface area contributed by atoms with E-state index >= 15 is 0 Å². The number of nitrogens with one attached hydrogen (secondary N) is 9. The Bertz CT molecular complexity index is 2550. The first-order valence-electron chi connectivity index (χ1n) is 36.7. The van der Waals surface area contributed by atoms with Crippen molar-refractivity contribution < 1.29 is 96.2 Å². The van der Waals surface area contributed by atoms with E-state index in [1.165, 1.54) is 0 Å². The number of oxime groups is 2. The largest absolute Gasteiger partial charge is 0.411 e. The molecule has 0 saturated carbocycles. The molecule has 0 aliphatic rings. The number of carbonyl (C=O) groups excluding carboxylic acids is 9. The summed E-state index contributed by atoms with van der Waals surface area (Å²) in [6.07, 6.45) is 10.9. The zero-order chi connectivity index (χ0) is 78.6. The number of carbonyl (C=O) groups is 9. The molecule has 612 valence electrons. The highest BCUT2D eigenvalue weighted by molar-refractivity contribution is 5.91. The number of rotatable bonds is 68. The van der Waals surface area contributed by atoms with Gasteiger partial charge in [-0.25, -0.2) is 0 Å². The van der Waals surface area contributed by atoms with Crippen molar-refractivity contribution in [1.82, 2.24) is 47.9 Å². The van der Waals surface area contributed by atoms with Crippen LogP contribution in [0.25, 0.3) is 0 Å². The van der Waals surface area contributed by atoms with Gasteiger partial charge in [-0.05, 0) is 131 Å². The molecular formula is C73H135N13O20. The second-order valence-electron chi connectivity index (χ2n) is 25.8. The molecule has 33 heteroatoms. The Morgan fingerprint density at radius 1 is 0.462 bits per heavy atom. The zero-order valence-corrected chi connectivity index (χ0v) is 64.4. The molecule has 0 aromatic rings. The fourth-order valence-corrected chi connectivity index (χ4v) is 8.58. The number of unbranched alkanes of at least 4 members (excludes halogenated alkanes) is 4. The van der Waals surface area contributed by atoms with E-state index in [4.69, 9.17) is 54.1 Å². The average Bonchev–Trinajstić information content (AvgIpc) is 0.872. The van der Waals surface area contributed by atoms with Crippen molar-refractivity contribution >= 4 is 64.6 Å². The SMILES string of the molecule is C.C/C(=N\O)C(C)(C)NCC(CNC(C)(C)/C(C)=N/O)NC(=O)CCCC(=O)N[C@@H](CCCCNC(=O)COCCOCCOCC(=O)NCCCOCCOCCOCCCNC(=O)COCCOCCOCC(=O)NCCCC[C@H](C)C(N)=O)C(=O)NCCCC[C@H](C)C(N)=O.C=C=C=C=CCCC. The molecule has 0 bridgehead atoms. The lowest BCUT2D eigenvalue weighted by atomic mass is 9.98. The van der Waals surface area contributed by atoms with Crippen molar-refractivity contribution in [3.05, 3.63) is 29.8 Å². The van der Waals surface area contributed by atoms with Gasteiger partial charge >= 0.3 is 0 Å². The molecular weight excluding hydrogens is 1380 g/mol. The third-order valence-corrected chi connectivity index (χ3v) is 15.9. The molecule has 0 heterocycles. The molecule has 0 fully saturated rings. The van der Waals surface area contributed by atoms with Crippen LogP contribution in [0.2, 0.25) is 0 Å². The minimum absolute atomic E-state index is 0. The first kappa shape index (κ1) is 103. The molecule has 106 heavy (non-hydrogen) atoms. The van der Waals surface area contributed by atoms with Gasteiger partial charge in [-0.1, -0.05) is 69.2 Å². The van der Waals surface area contributed by atoms with Gasteiger partial charge in [0.2, 0.25) is 53.2 Å². The number of primary amides is 2. The third kappa shape index (κ3) is 64.0.